The van der Waals surface area contributed by atoms with Gasteiger partial charge in [-0.25, -0.2) is 15.1 Å². The SMILES string of the molecule is Cc1cc(COc2ccc(C(=O)N[C@@H]3CN(C(=O)N(C)C)CC[C@@H]3C(=O)NO)cc2)c2ccccc2n1.O=C(O)C(F)(F)F. The summed E-state index contributed by atoms with van der Waals surface area (Å²) in [5.74, 6) is -3.80. The van der Waals surface area contributed by atoms with E-state index in [1.165, 1.54) is 4.90 Å². The number of hydrogen-bond donors (Lipinski definition) is 4. The second-order valence-electron chi connectivity index (χ2n) is 10.1. The van der Waals surface area contributed by atoms with Crippen LogP contribution in [0.1, 0.15) is 28.0 Å². The van der Waals surface area contributed by atoms with Crippen molar-refractivity contribution in [2.45, 2.75) is 32.2 Å². The summed E-state index contributed by atoms with van der Waals surface area (Å²) in [5, 5.41) is 20.1. The lowest BCUT2D eigenvalue weighted by atomic mass is 9.90. The molecule has 2 heterocycles. The number of fused-ring (bicyclic) bond motifs is 1. The van der Waals surface area contributed by atoms with E-state index in [-0.39, 0.29) is 18.5 Å². The minimum Gasteiger partial charge on any atom is -0.489 e. The third kappa shape index (κ3) is 8.80. The van der Waals surface area contributed by atoms with Crippen LogP contribution in [0.5, 0.6) is 5.75 Å². The minimum absolute atomic E-state index is 0.154. The van der Waals surface area contributed by atoms with Crippen LogP contribution in [0.15, 0.2) is 54.6 Å². The maximum Gasteiger partial charge on any atom is 0.490 e. The molecule has 4 amide bonds. The summed E-state index contributed by atoms with van der Waals surface area (Å²) in [6, 6.07) is 15.7. The number of aliphatic carboxylic acids is 1. The number of nitrogens with one attached hydrogen (secondary N) is 2. The molecule has 44 heavy (non-hydrogen) atoms. The Bertz CT molecular complexity index is 1500. The van der Waals surface area contributed by atoms with Gasteiger partial charge in [-0.1, -0.05) is 18.2 Å². The molecule has 0 bridgehead atoms. The van der Waals surface area contributed by atoms with E-state index >= 15 is 0 Å². The third-order valence-corrected chi connectivity index (χ3v) is 6.71. The fourth-order valence-corrected chi connectivity index (χ4v) is 4.58. The van der Waals surface area contributed by atoms with E-state index in [0.717, 1.165) is 22.2 Å². The van der Waals surface area contributed by atoms with Crippen molar-refractivity contribution in [1.29, 1.82) is 0 Å². The highest BCUT2D eigenvalue weighted by molar-refractivity contribution is 5.95. The summed E-state index contributed by atoms with van der Waals surface area (Å²) in [4.78, 5) is 54.1. The van der Waals surface area contributed by atoms with Crippen molar-refractivity contribution in [3.8, 4) is 5.75 Å². The number of hydrogen-bond acceptors (Lipinski definition) is 7. The van der Waals surface area contributed by atoms with E-state index in [2.05, 4.69) is 10.3 Å². The molecule has 4 rings (SSSR count). The summed E-state index contributed by atoms with van der Waals surface area (Å²) >= 11 is 0. The molecule has 1 aliphatic rings. The summed E-state index contributed by atoms with van der Waals surface area (Å²) < 4.78 is 37.7. The molecule has 15 heteroatoms. The van der Waals surface area contributed by atoms with Crippen LogP contribution in [-0.2, 0) is 16.2 Å². The molecule has 2 atom stereocenters. The summed E-state index contributed by atoms with van der Waals surface area (Å²) in [6.07, 6.45) is -4.77. The van der Waals surface area contributed by atoms with Crippen molar-refractivity contribution >= 4 is 34.7 Å². The van der Waals surface area contributed by atoms with Crippen LogP contribution < -0.4 is 15.5 Å². The molecule has 3 aromatic rings. The topological polar surface area (TPSA) is 161 Å². The lowest BCUT2D eigenvalue weighted by Crippen LogP contribution is -2.58. The van der Waals surface area contributed by atoms with Gasteiger partial charge in [-0.15, -0.1) is 0 Å². The van der Waals surface area contributed by atoms with Gasteiger partial charge < -0.3 is 25.0 Å². The largest absolute Gasteiger partial charge is 0.490 e. The number of aryl methyl sites for hydroxylation is 1. The van der Waals surface area contributed by atoms with Gasteiger partial charge in [0, 0.05) is 49.4 Å². The Morgan fingerprint density at radius 3 is 2.32 bits per heavy atom. The van der Waals surface area contributed by atoms with Crippen LogP contribution in [0, 0.1) is 12.8 Å². The first-order valence-electron chi connectivity index (χ1n) is 13.3. The number of rotatable bonds is 6. The van der Waals surface area contributed by atoms with Crippen LogP contribution in [-0.4, -0.2) is 88.3 Å². The fourth-order valence-electron chi connectivity index (χ4n) is 4.58. The Labute approximate surface area is 250 Å². The van der Waals surface area contributed by atoms with Crippen molar-refractivity contribution < 1.29 is 47.4 Å². The molecule has 0 aliphatic carbocycles. The highest BCUT2D eigenvalue weighted by atomic mass is 19.4. The second-order valence-corrected chi connectivity index (χ2v) is 10.1. The van der Waals surface area contributed by atoms with Crippen LogP contribution in [0.25, 0.3) is 10.9 Å². The summed E-state index contributed by atoms with van der Waals surface area (Å²) in [7, 11) is 3.29. The fraction of sp³-hybridized carbons (Fsp3) is 0.345. The number of para-hydroxylation sites is 1. The van der Waals surface area contributed by atoms with Crippen LogP contribution >= 0.6 is 0 Å². The van der Waals surface area contributed by atoms with Gasteiger partial charge in [0.1, 0.15) is 12.4 Å². The van der Waals surface area contributed by atoms with E-state index in [9.17, 15) is 27.6 Å². The first kappa shape index (κ1) is 33.6. The number of nitrogens with zero attached hydrogens (tertiary/aromatic N) is 3. The number of benzene rings is 2. The molecule has 0 unspecified atom stereocenters. The van der Waals surface area contributed by atoms with E-state index in [1.807, 2.05) is 37.3 Å². The molecule has 2 aromatic carbocycles. The second kappa shape index (κ2) is 14.5. The van der Waals surface area contributed by atoms with Gasteiger partial charge in [-0.2, -0.15) is 13.2 Å². The lowest BCUT2D eigenvalue weighted by Gasteiger charge is -2.38. The molecule has 1 aromatic heterocycles. The highest BCUT2D eigenvalue weighted by Gasteiger charge is 2.38. The number of pyridine rings is 1. The predicted molar refractivity (Wildman–Crippen MR) is 151 cm³/mol. The number of carbonyl (C=O) groups excluding carboxylic acids is 3. The number of carboxylic acid groups (broad SMARTS) is 1. The monoisotopic (exact) mass is 619 g/mol. The number of ether oxygens (including phenoxy) is 1. The van der Waals surface area contributed by atoms with E-state index in [4.69, 9.17) is 19.8 Å². The zero-order chi connectivity index (χ0) is 32.6. The van der Waals surface area contributed by atoms with Gasteiger partial charge in [0.15, 0.2) is 0 Å². The van der Waals surface area contributed by atoms with Gasteiger partial charge in [0.05, 0.1) is 17.5 Å². The van der Waals surface area contributed by atoms with Crippen LogP contribution in [0.3, 0.4) is 0 Å². The number of carbonyl (C=O) groups is 4. The van der Waals surface area contributed by atoms with Gasteiger partial charge in [0.25, 0.3) is 5.91 Å². The Morgan fingerprint density at radius 2 is 1.73 bits per heavy atom. The highest BCUT2D eigenvalue weighted by Crippen LogP contribution is 2.23. The van der Waals surface area contributed by atoms with Crippen molar-refractivity contribution in [2.24, 2.45) is 5.92 Å². The van der Waals surface area contributed by atoms with Crippen molar-refractivity contribution in [3.05, 3.63) is 71.4 Å². The minimum atomic E-state index is -5.08. The predicted octanol–water partition coefficient (Wildman–Crippen LogP) is 3.36. The number of piperidine rings is 1. The Morgan fingerprint density at radius 1 is 1.09 bits per heavy atom. The lowest BCUT2D eigenvalue weighted by molar-refractivity contribution is -0.192. The summed E-state index contributed by atoms with van der Waals surface area (Å²) in [6.45, 7) is 2.80. The van der Waals surface area contributed by atoms with Gasteiger partial charge >= 0.3 is 18.2 Å². The zero-order valence-corrected chi connectivity index (χ0v) is 24.1. The first-order chi connectivity index (χ1) is 20.7. The van der Waals surface area contributed by atoms with Crippen LogP contribution in [0.4, 0.5) is 18.0 Å². The number of aromatic nitrogens is 1. The Kier molecular flexibility index (Phi) is 11.1. The number of amides is 4. The summed E-state index contributed by atoms with van der Waals surface area (Å²) in [5.41, 5.74) is 4.90. The maximum atomic E-state index is 13.0. The van der Waals surface area contributed by atoms with Gasteiger partial charge in [0.2, 0.25) is 5.91 Å². The number of carboxylic acids is 1. The van der Waals surface area contributed by atoms with E-state index < -0.39 is 30.0 Å². The number of likely N-dealkylation sites (tertiary alicyclic amines) is 1. The van der Waals surface area contributed by atoms with E-state index in [0.29, 0.717) is 30.9 Å². The molecular formula is C29H32F3N5O7. The number of alkyl halides is 3. The molecular weight excluding hydrogens is 587 g/mol. The van der Waals surface area contributed by atoms with Crippen molar-refractivity contribution in [2.75, 3.05) is 27.2 Å². The van der Waals surface area contributed by atoms with Crippen LogP contribution in [0.2, 0.25) is 0 Å². The average molecular weight is 620 g/mol. The van der Waals surface area contributed by atoms with E-state index in [1.54, 1.807) is 48.7 Å². The van der Waals surface area contributed by atoms with Crippen molar-refractivity contribution in [3.63, 3.8) is 0 Å². The third-order valence-electron chi connectivity index (χ3n) is 6.71. The van der Waals surface area contributed by atoms with Gasteiger partial charge in [-0.3, -0.25) is 19.8 Å². The zero-order valence-electron chi connectivity index (χ0n) is 24.1. The molecule has 0 saturated carbocycles. The molecule has 12 nitrogen and oxygen atoms in total. The normalized spacial score (nSPS) is 16.3. The molecule has 236 valence electrons. The van der Waals surface area contributed by atoms with Gasteiger partial charge in [-0.05, 0) is 49.7 Å². The first-order valence-corrected chi connectivity index (χ1v) is 13.3. The molecule has 1 aliphatic heterocycles. The standard InChI is InChI=1S/C27H31N5O5.C2HF3O2/c1-17-14-19(21-6-4-5-7-23(21)28-17)16-37-20-10-8-18(9-11-20)25(33)29-24-15-32(27(35)31(2)3)13-12-22(24)26(34)30-36;3-2(4,5)1(6)7/h4-11,14,22,24,36H,12-13,15-16H2,1-3H3,(H,29,33)(H,30,34);(H,6,7)/t22-,24+;/m0./s1. The molecule has 1 saturated heterocycles. The number of halogens is 3. The number of urea groups is 1. The number of hydroxylamine groups is 1. The van der Waals surface area contributed by atoms with Crippen molar-refractivity contribution in [1.82, 2.24) is 25.6 Å². The molecule has 4 N–H and O–H groups in total. The smallest absolute Gasteiger partial charge is 0.489 e. The average Bonchev–Trinajstić information content (AvgIpc) is 2.99. The molecule has 0 radical (unpaired) electrons. The quantitative estimate of drug-likeness (QED) is 0.241. The Hall–Kier alpha value is -4.92. The maximum absolute atomic E-state index is 13.0. The Balaban J connectivity index is 0.000000676. The molecule has 0 spiro atoms. The molecule has 1 fully saturated rings.